The van der Waals surface area contributed by atoms with Crippen molar-refractivity contribution >= 4 is 17.0 Å². The molecule has 3 rings (SSSR count). The monoisotopic (exact) mass is 435 g/mol. The van der Waals surface area contributed by atoms with Gasteiger partial charge in [0.2, 0.25) is 0 Å². The van der Waals surface area contributed by atoms with Crippen molar-refractivity contribution in [2.24, 2.45) is 5.92 Å². The SMILES string of the molecule is CC(C)CC(NCCOc1cccc(-c2ccc3[nH]cnc3c2)c1)OC(=O)C(F)(F)F. The molecular formula is C22H24F3N3O3. The van der Waals surface area contributed by atoms with Gasteiger partial charge in [0.1, 0.15) is 12.4 Å². The lowest BCUT2D eigenvalue weighted by Crippen LogP contribution is -2.40. The summed E-state index contributed by atoms with van der Waals surface area (Å²) in [4.78, 5) is 18.4. The summed E-state index contributed by atoms with van der Waals surface area (Å²) in [7, 11) is 0. The molecule has 1 unspecified atom stereocenters. The van der Waals surface area contributed by atoms with Crippen LogP contribution < -0.4 is 10.1 Å². The minimum absolute atomic E-state index is 0.0444. The number of carbonyl (C=O) groups excluding carboxylic acids is 1. The van der Waals surface area contributed by atoms with Crippen LogP contribution >= 0.6 is 0 Å². The van der Waals surface area contributed by atoms with E-state index in [1.54, 1.807) is 12.4 Å². The van der Waals surface area contributed by atoms with Crippen molar-refractivity contribution in [3.8, 4) is 16.9 Å². The third-order valence-corrected chi connectivity index (χ3v) is 4.50. The molecule has 0 aliphatic carbocycles. The van der Waals surface area contributed by atoms with E-state index in [1.807, 2.05) is 50.2 Å². The third-order valence-electron chi connectivity index (χ3n) is 4.50. The van der Waals surface area contributed by atoms with Crippen molar-refractivity contribution in [3.05, 3.63) is 48.8 Å². The lowest BCUT2D eigenvalue weighted by molar-refractivity contribution is -0.207. The van der Waals surface area contributed by atoms with Crippen LogP contribution in [-0.4, -0.2) is 41.5 Å². The molecule has 0 amide bonds. The van der Waals surface area contributed by atoms with Gasteiger partial charge in [-0.1, -0.05) is 32.0 Å². The van der Waals surface area contributed by atoms with E-state index in [9.17, 15) is 18.0 Å². The van der Waals surface area contributed by atoms with Crippen molar-refractivity contribution in [2.75, 3.05) is 13.2 Å². The zero-order valence-corrected chi connectivity index (χ0v) is 17.2. The molecule has 3 aromatic rings. The highest BCUT2D eigenvalue weighted by atomic mass is 19.4. The molecule has 1 heterocycles. The van der Waals surface area contributed by atoms with Gasteiger partial charge in [0.05, 0.1) is 17.4 Å². The molecule has 1 aromatic heterocycles. The quantitative estimate of drug-likeness (QED) is 0.290. The van der Waals surface area contributed by atoms with E-state index in [1.165, 1.54) is 0 Å². The summed E-state index contributed by atoms with van der Waals surface area (Å²) in [5.41, 5.74) is 3.74. The van der Waals surface area contributed by atoms with E-state index in [4.69, 9.17) is 4.74 Å². The van der Waals surface area contributed by atoms with Crippen molar-refractivity contribution in [1.29, 1.82) is 0 Å². The fourth-order valence-electron chi connectivity index (χ4n) is 3.06. The number of hydrogen-bond acceptors (Lipinski definition) is 5. The highest BCUT2D eigenvalue weighted by Crippen LogP contribution is 2.26. The summed E-state index contributed by atoms with van der Waals surface area (Å²) in [6, 6.07) is 13.4. The zero-order chi connectivity index (χ0) is 22.4. The first-order valence-electron chi connectivity index (χ1n) is 9.90. The molecule has 166 valence electrons. The smallest absolute Gasteiger partial charge is 0.490 e. The number of ether oxygens (including phenoxy) is 2. The lowest BCUT2D eigenvalue weighted by atomic mass is 10.0. The van der Waals surface area contributed by atoms with Crippen molar-refractivity contribution in [1.82, 2.24) is 15.3 Å². The van der Waals surface area contributed by atoms with E-state index in [-0.39, 0.29) is 25.5 Å². The van der Waals surface area contributed by atoms with Gasteiger partial charge in [-0.05, 0) is 41.3 Å². The van der Waals surface area contributed by atoms with E-state index in [0.717, 1.165) is 22.2 Å². The molecule has 1 atom stereocenters. The third kappa shape index (κ3) is 6.45. The lowest BCUT2D eigenvalue weighted by Gasteiger charge is -2.21. The van der Waals surface area contributed by atoms with Crippen molar-refractivity contribution in [2.45, 2.75) is 32.7 Å². The molecule has 2 N–H and O–H groups in total. The maximum Gasteiger partial charge on any atom is 0.490 e. The van der Waals surface area contributed by atoms with Crippen LogP contribution in [0.25, 0.3) is 22.2 Å². The van der Waals surface area contributed by atoms with Gasteiger partial charge in [0.15, 0.2) is 6.23 Å². The number of aromatic nitrogens is 2. The second-order valence-corrected chi connectivity index (χ2v) is 7.49. The van der Waals surface area contributed by atoms with Crippen LogP contribution in [0.4, 0.5) is 13.2 Å². The molecule has 0 spiro atoms. The number of fused-ring (bicyclic) bond motifs is 1. The predicted octanol–water partition coefficient (Wildman–Crippen LogP) is 4.68. The van der Waals surface area contributed by atoms with Gasteiger partial charge in [-0.2, -0.15) is 13.2 Å². The number of benzene rings is 2. The van der Waals surface area contributed by atoms with Crippen LogP contribution in [0.15, 0.2) is 48.8 Å². The summed E-state index contributed by atoms with van der Waals surface area (Å²) in [5, 5.41) is 2.81. The van der Waals surface area contributed by atoms with Gasteiger partial charge in [-0.15, -0.1) is 0 Å². The first-order chi connectivity index (χ1) is 14.7. The van der Waals surface area contributed by atoms with Gasteiger partial charge in [-0.3, -0.25) is 5.32 Å². The summed E-state index contributed by atoms with van der Waals surface area (Å²) in [5.74, 6) is -1.54. The Labute approximate surface area is 177 Å². The first-order valence-corrected chi connectivity index (χ1v) is 9.90. The van der Waals surface area contributed by atoms with E-state index < -0.39 is 18.4 Å². The van der Waals surface area contributed by atoms with Crippen LogP contribution in [0, 0.1) is 5.92 Å². The van der Waals surface area contributed by atoms with E-state index >= 15 is 0 Å². The average molecular weight is 435 g/mol. The number of halogens is 3. The number of H-pyrrole nitrogens is 1. The number of hydrogen-bond donors (Lipinski definition) is 2. The molecule has 0 saturated heterocycles. The summed E-state index contributed by atoms with van der Waals surface area (Å²) < 4.78 is 47.7. The Hall–Kier alpha value is -3.07. The maximum atomic E-state index is 12.5. The molecule has 2 aromatic carbocycles. The zero-order valence-electron chi connectivity index (χ0n) is 17.2. The topological polar surface area (TPSA) is 76.2 Å². The molecule has 6 nitrogen and oxygen atoms in total. The number of imidazole rings is 1. The van der Waals surface area contributed by atoms with Gasteiger partial charge < -0.3 is 14.5 Å². The molecule has 31 heavy (non-hydrogen) atoms. The summed E-state index contributed by atoms with van der Waals surface area (Å²) in [6.07, 6.45) is -4.16. The molecule has 0 fully saturated rings. The van der Waals surface area contributed by atoms with Gasteiger partial charge in [0, 0.05) is 13.0 Å². The largest absolute Gasteiger partial charge is 0.492 e. The second-order valence-electron chi connectivity index (χ2n) is 7.49. The summed E-state index contributed by atoms with van der Waals surface area (Å²) >= 11 is 0. The maximum absolute atomic E-state index is 12.5. The summed E-state index contributed by atoms with van der Waals surface area (Å²) in [6.45, 7) is 4.07. The Morgan fingerprint density at radius 1 is 1.16 bits per heavy atom. The highest BCUT2D eigenvalue weighted by Gasteiger charge is 2.42. The number of aromatic amines is 1. The fraction of sp³-hybridized carbons (Fsp3) is 0.364. The predicted molar refractivity (Wildman–Crippen MR) is 110 cm³/mol. The molecule has 9 heteroatoms. The number of rotatable bonds is 9. The Balaban J connectivity index is 1.55. The van der Waals surface area contributed by atoms with Gasteiger partial charge in [-0.25, -0.2) is 9.78 Å². The number of esters is 1. The molecule has 0 aliphatic rings. The van der Waals surface area contributed by atoms with Gasteiger partial charge in [0.25, 0.3) is 0 Å². The number of nitrogens with one attached hydrogen (secondary N) is 2. The molecule has 0 bridgehead atoms. The minimum Gasteiger partial charge on any atom is -0.492 e. The Morgan fingerprint density at radius 2 is 1.94 bits per heavy atom. The standard InChI is InChI=1S/C22H24F3N3O3/c1-14(2)10-20(31-21(29)22(23,24)25)26-8-9-30-17-5-3-4-15(11-17)16-6-7-18-19(12-16)28-13-27-18/h3-7,11-14,20,26H,8-10H2,1-2H3,(H,27,28). The minimum atomic E-state index is -5.02. The number of nitrogens with zero attached hydrogens (tertiary/aromatic N) is 1. The van der Waals surface area contributed by atoms with Crippen molar-refractivity contribution < 1.29 is 27.4 Å². The van der Waals surface area contributed by atoms with Crippen molar-refractivity contribution in [3.63, 3.8) is 0 Å². The Morgan fingerprint density at radius 3 is 2.68 bits per heavy atom. The van der Waals surface area contributed by atoms with Crippen LogP contribution in [0.3, 0.4) is 0 Å². The van der Waals surface area contributed by atoms with Gasteiger partial charge >= 0.3 is 12.1 Å². The first kappa shape index (κ1) is 22.6. The second kappa shape index (κ2) is 9.82. The highest BCUT2D eigenvalue weighted by molar-refractivity contribution is 5.81. The van der Waals surface area contributed by atoms with E-state index in [0.29, 0.717) is 5.75 Å². The molecular weight excluding hydrogens is 411 g/mol. The van der Waals surface area contributed by atoms with Crippen LogP contribution in [0.1, 0.15) is 20.3 Å². The normalized spacial score (nSPS) is 12.8. The Bertz CT molecular complexity index is 1020. The molecule has 0 radical (unpaired) electrons. The number of carbonyl (C=O) groups is 1. The van der Waals surface area contributed by atoms with Crippen LogP contribution in [-0.2, 0) is 9.53 Å². The molecule has 0 saturated carbocycles. The van der Waals surface area contributed by atoms with E-state index in [2.05, 4.69) is 20.0 Å². The Kier molecular flexibility index (Phi) is 7.17. The fourth-order valence-corrected chi connectivity index (χ4v) is 3.06. The molecule has 0 aliphatic heterocycles. The van der Waals surface area contributed by atoms with Crippen LogP contribution in [0.2, 0.25) is 0 Å². The average Bonchev–Trinajstić information content (AvgIpc) is 3.18. The van der Waals surface area contributed by atoms with Crippen LogP contribution in [0.5, 0.6) is 5.75 Å². The number of alkyl halides is 3.